The SMILES string of the molecule is N#Cc1cc(-c2cccc(C#N)c2-n2c3ccccc3c3ccccc32)ccc1-c1ccc(-n2c3ccccc3c3ccccc32)cc1. The molecular weight excluding hydrogens is 585 g/mol. The van der Waals surface area contributed by atoms with Gasteiger partial charge in [0.15, 0.2) is 0 Å². The molecule has 4 nitrogen and oxygen atoms in total. The van der Waals surface area contributed by atoms with Crippen LogP contribution in [0, 0.1) is 22.7 Å². The maximum absolute atomic E-state index is 10.4. The van der Waals surface area contributed by atoms with Gasteiger partial charge in [-0.15, -0.1) is 0 Å². The van der Waals surface area contributed by atoms with Crippen LogP contribution in [0.15, 0.2) is 158 Å². The van der Waals surface area contributed by atoms with Crippen molar-refractivity contribution in [1.82, 2.24) is 9.13 Å². The van der Waals surface area contributed by atoms with Crippen LogP contribution in [0.5, 0.6) is 0 Å². The Kier molecular flexibility index (Phi) is 6.22. The highest BCUT2D eigenvalue weighted by Crippen LogP contribution is 2.39. The van der Waals surface area contributed by atoms with Gasteiger partial charge in [-0.2, -0.15) is 10.5 Å². The van der Waals surface area contributed by atoms with Gasteiger partial charge in [0.25, 0.3) is 0 Å². The van der Waals surface area contributed by atoms with E-state index in [1.807, 2.05) is 54.6 Å². The summed E-state index contributed by atoms with van der Waals surface area (Å²) >= 11 is 0. The molecule has 7 aromatic carbocycles. The van der Waals surface area contributed by atoms with Crippen molar-refractivity contribution in [1.29, 1.82) is 10.5 Å². The fraction of sp³-hybridized carbons (Fsp3) is 0. The zero-order chi connectivity index (χ0) is 32.2. The molecule has 0 aliphatic heterocycles. The summed E-state index contributed by atoms with van der Waals surface area (Å²) in [5.41, 5.74) is 11.0. The Hall–Kier alpha value is -6.88. The van der Waals surface area contributed by atoms with Gasteiger partial charge >= 0.3 is 0 Å². The molecule has 0 atom stereocenters. The molecule has 0 aliphatic rings. The Morgan fingerprint density at radius 2 is 0.854 bits per heavy atom. The third-order valence-electron chi connectivity index (χ3n) is 9.43. The van der Waals surface area contributed by atoms with E-state index >= 15 is 0 Å². The molecular formula is C44H26N4. The van der Waals surface area contributed by atoms with Crippen LogP contribution in [0.4, 0.5) is 0 Å². The molecule has 2 aromatic heterocycles. The maximum atomic E-state index is 10.4. The molecule has 9 rings (SSSR count). The second-order valence-electron chi connectivity index (χ2n) is 12.0. The molecule has 0 unspecified atom stereocenters. The quantitative estimate of drug-likeness (QED) is 0.199. The molecule has 0 fully saturated rings. The van der Waals surface area contributed by atoms with Crippen molar-refractivity contribution < 1.29 is 0 Å². The number of rotatable bonds is 4. The molecule has 9 aromatic rings. The Morgan fingerprint density at radius 1 is 0.375 bits per heavy atom. The van der Waals surface area contributed by atoms with Crippen LogP contribution >= 0.6 is 0 Å². The van der Waals surface area contributed by atoms with Gasteiger partial charge in [0.1, 0.15) is 6.07 Å². The monoisotopic (exact) mass is 610 g/mol. The van der Waals surface area contributed by atoms with Crippen LogP contribution in [0.25, 0.3) is 77.2 Å². The minimum atomic E-state index is 0.572. The topological polar surface area (TPSA) is 57.4 Å². The second-order valence-corrected chi connectivity index (χ2v) is 12.0. The molecule has 0 bridgehead atoms. The molecule has 2 heterocycles. The summed E-state index contributed by atoms with van der Waals surface area (Å²) in [5, 5.41) is 25.4. The van der Waals surface area contributed by atoms with Crippen molar-refractivity contribution in [2.24, 2.45) is 0 Å². The number of aromatic nitrogens is 2. The number of para-hydroxylation sites is 5. The van der Waals surface area contributed by atoms with Crippen LogP contribution in [0.1, 0.15) is 11.1 Å². The Balaban J connectivity index is 1.17. The van der Waals surface area contributed by atoms with Crippen molar-refractivity contribution >= 4 is 43.6 Å². The van der Waals surface area contributed by atoms with E-state index in [4.69, 9.17) is 0 Å². The van der Waals surface area contributed by atoms with Gasteiger partial charge in [-0.1, -0.05) is 109 Å². The fourth-order valence-corrected chi connectivity index (χ4v) is 7.32. The van der Waals surface area contributed by atoms with E-state index in [2.05, 4.69) is 124 Å². The highest BCUT2D eigenvalue weighted by molar-refractivity contribution is 6.10. The number of nitrogens with zero attached hydrogens (tertiary/aromatic N) is 4. The molecule has 0 N–H and O–H groups in total. The van der Waals surface area contributed by atoms with Crippen molar-refractivity contribution in [2.45, 2.75) is 0 Å². The van der Waals surface area contributed by atoms with Crippen molar-refractivity contribution in [2.75, 3.05) is 0 Å². The highest BCUT2D eigenvalue weighted by Gasteiger charge is 2.20. The van der Waals surface area contributed by atoms with E-state index < -0.39 is 0 Å². The summed E-state index contributed by atoms with van der Waals surface area (Å²) in [5.74, 6) is 0. The van der Waals surface area contributed by atoms with Gasteiger partial charge in [0, 0.05) is 32.8 Å². The number of nitriles is 2. The van der Waals surface area contributed by atoms with Crippen LogP contribution in [0.2, 0.25) is 0 Å². The first-order valence-corrected chi connectivity index (χ1v) is 15.9. The lowest BCUT2D eigenvalue weighted by Crippen LogP contribution is -2.01. The Labute approximate surface area is 277 Å². The van der Waals surface area contributed by atoms with Gasteiger partial charge in [0.2, 0.25) is 0 Å². The van der Waals surface area contributed by atoms with Crippen molar-refractivity contribution in [3.63, 3.8) is 0 Å². The highest BCUT2D eigenvalue weighted by atomic mass is 15.0. The molecule has 0 radical (unpaired) electrons. The van der Waals surface area contributed by atoms with Crippen molar-refractivity contribution in [3.05, 3.63) is 169 Å². The minimum absolute atomic E-state index is 0.572. The van der Waals surface area contributed by atoms with E-state index in [9.17, 15) is 10.5 Å². The van der Waals surface area contributed by atoms with Gasteiger partial charge in [-0.25, -0.2) is 0 Å². The number of benzene rings is 7. The summed E-state index contributed by atoms with van der Waals surface area (Å²) in [7, 11) is 0. The standard InChI is InChI=1S/C44H26N4/c45-27-31-10-9-15-35(44(31)48-42-18-7-3-13-38(42)39-14-4-8-19-43(39)48)30-22-25-34(32(26-30)28-46)29-20-23-33(24-21-29)47-40-16-5-1-11-36(40)37-12-2-6-17-41(37)47/h1-26H. The fourth-order valence-electron chi connectivity index (χ4n) is 7.32. The summed E-state index contributed by atoms with van der Waals surface area (Å²) in [6.45, 7) is 0. The Bertz CT molecular complexity index is 2690. The average Bonchev–Trinajstić information content (AvgIpc) is 3.67. The molecule has 0 aliphatic carbocycles. The first-order chi connectivity index (χ1) is 23.7. The number of hydrogen-bond acceptors (Lipinski definition) is 2. The lowest BCUT2D eigenvalue weighted by molar-refractivity contribution is 1.17. The molecule has 48 heavy (non-hydrogen) atoms. The molecule has 4 heteroatoms. The molecule has 0 saturated carbocycles. The van der Waals surface area contributed by atoms with E-state index in [-0.39, 0.29) is 0 Å². The third kappa shape index (κ3) is 4.07. The first kappa shape index (κ1) is 27.4. The van der Waals surface area contributed by atoms with E-state index in [0.29, 0.717) is 11.1 Å². The van der Waals surface area contributed by atoms with Gasteiger partial charge in [-0.05, 0) is 65.2 Å². The smallest absolute Gasteiger partial charge is 0.101 e. The maximum Gasteiger partial charge on any atom is 0.101 e. The summed E-state index contributed by atoms with van der Waals surface area (Å²) in [6.07, 6.45) is 0. The lowest BCUT2D eigenvalue weighted by Gasteiger charge is -2.17. The largest absolute Gasteiger partial charge is 0.309 e. The minimum Gasteiger partial charge on any atom is -0.309 e. The molecule has 0 saturated heterocycles. The van der Waals surface area contributed by atoms with Gasteiger partial charge < -0.3 is 9.13 Å². The predicted molar refractivity (Wildman–Crippen MR) is 195 cm³/mol. The summed E-state index contributed by atoms with van der Waals surface area (Å²) in [4.78, 5) is 0. The Morgan fingerprint density at radius 3 is 1.38 bits per heavy atom. The summed E-state index contributed by atoms with van der Waals surface area (Å²) in [6, 6.07) is 58.7. The van der Waals surface area contributed by atoms with Crippen molar-refractivity contribution in [3.8, 4) is 45.8 Å². The van der Waals surface area contributed by atoms with Gasteiger partial charge in [0.05, 0.1) is 45.0 Å². The van der Waals surface area contributed by atoms with Gasteiger partial charge in [-0.3, -0.25) is 0 Å². The lowest BCUT2D eigenvalue weighted by atomic mass is 9.93. The second kappa shape index (κ2) is 10.9. The van der Waals surface area contributed by atoms with E-state index in [0.717, 1.165) is 66.5 Å². The first-order valence-electron chi connectivity index (χ1n) is 15.9. The zero-order valence-electron chi connectivity index (χ0n) is 25.8. The normalized spacial score (nSPS) is 11.3. The molecule has 0 spiro atoms. The number of hydrogen-bond donors (Lipinski definition) is 0. The predicted octanol–water partition coefficient (Wildman–Crippen LogP) is 11.0. The van der Waals surface area contributed by atoms with Crippen LogP contribution in [-0.4, -0.2) is 9.13 Å². The summed E-state index contributed by atoms with van der Waals surface area (Å²) < 4.78 is 4.48. The molecule has 0 amide bonds. The van der Waals surface area contributed by atoms with E-state index in [1.54, 1.807) is 0 Å². The van der Waals surface area contributed by atoms with Crippen LogP contribution in [-0.2, 0) is 0 Å². The van der Waals surface area contributed by atoms with Crippen LogP contribution in [0.3, 0.4) is 0 Å². The number of fused-ring (bicyclic) bond motifs is 6. The zero-order valence-corrected chi connectivity index (χ0v) is 25.8. The van der Waals surface area contributed by atoms with E-state index in [1.165, 1.54) is 10.8 Å². The average molecular weight is 611 g/mol. The van der Waals surface area contributed by atoms with Crippen LogP contribution < -0.4 is 0 Å². The molecule has 222 valence electrons. The third-order valence-corrected chi connectivity index (χ3v) is 9.43.